The molecule has 1 aliphatic heterocycles. The molecule has 2 fully saturated rings. The molecule has 5 rings (SSSR count). The van der Waals surface area contributed by atoms with E-state index in [0.29, 0.717) is 23.7 Å². The van der Waals surface area contributed by atoms with E-state index in [1.54, 1.807) is 0 Å². The average molecular weight is 423 g/mol. The van der Waals surface area contributed by atoms with Gasteiger partial charge in [-0.05, 0) is 38.3 Å². The quantitative estimate of drug-likeness (QED) is 0.575. The molecule has 0 spiro atoms. The number of nitrogens with one attached hydrogen (secondary N) is 3. The maximum atomic E-state index is 14.7. The third-order valence-corrected chi connectivity index (χ3v) is 6.33. The summed E-state index contributed by atoms with van der Waals surface area (Å²) in [7, 11) is 1.92. The van der Waals surface area contributed by atoms with Crippen molar-refractivity contribution in [2.45, 2.75) is 38.3 Å². The van der Waals surface area contributed by atoms with Crippen molar-refractivity contribution in [3.63, 3.8) is 0 Å². The van der Waals surface area contributed by atoms with E-state index in [1.165, 1.54) is 12.6 Å². The van der Waals surface area contributed by atoms with Crippen LogP contribution in [0.2, 0.25) is 0 Å². The Morgan fingerprint density at radius 2 is 2.16 bits per heavy atom. The van der Waals surface area contributed by atoms with Gasteiger partial charge in [-0.15, -0.1) is 0 Å². The number of hydrazine groups is 1. The number of halogens is 1. The topological polar surface area (TPSA) is 91.1 Å². The maximum Gasteiger partial charge on any atom is 0.229 e. The molecule has 2 aromatic heterocycles. The summed E-state index contributed by atoms with van der Waals surface area (Å²) in [6.45, 7) is 2.78. The summed E-state index contributed by atoms with van der Waals surface area (Å²) < 4.78 is 20.2. The van der Waals surface area contributed by atoms with E-state index in [4.69, 9.17) is 4.42 Å². The number of fused-ring (bicyclic) bond motifs is 1. The van der Waals surface area contributed by atoms with Crippen LogP contribution in [0.1, 0.15) is 25.0 Å². The number of oxazole rings is 1. The summed E-state index contributed by atoms with van der Waals surface area (Å²) in [5, 5.41) is 3.20. The predicted molar refractivity (Wildman–Crippen MR) is 116 cm³/mol. The largest absolute Gasteiger partial charge is 0.443 e. The first kappa shape index (κ1) is 19.9. The Balaban J connectivity index is 1.38. The van der Waals surface area contributed by atoms with E-state index in [-0.39, 0.29) is 6.04 Å². The SMILES string of the molecule is Cc1ncoc1-c1cccc(Nc2ncc(F)c(N(C)C3CCCC4NNCC43)n2)c1. The van der Waals surface area contributed by atoms with Gasteiger partial charge in [-0.2, -0.15) is 4.98 Å². The lowest BCUT2D eigenvalue weighted by Crippen LogP contribution is -2.47. The Bertz CT molecular complexity index is 1070. The van der Waals surface area contributed by atoms with Crippen molar-refractivity contribution >= 4 is 17.5 Å². The van der Waals surface area contributed by atoms with Crippen molar-refractivity contribution in [2.75, 3.05) is 23.8 Å². The van der Waals surface area contributed by atoms with Crippen molar-refractivity contribution < 1.29 is 8.81 Å². The molecule has 1 saturated heterocycles. The van der Waals surface area contributed by atoms with Gasteiger partial charge >= 0.3 is 0 Å². The first-order chi connectivity index (χ1) is 15.1. The molecule has 31 heavy (non-hydrogen) atoms. The number of hydrogen-bond acceptors (Lipinski definition) is 8. The summed E-state index contributed by atoms with van der Waals surface area (Å²) in [6.07, 6.45) is 5.93. The van der Waals surface area contributed by atoms with E-state index in [0.717, 1.165) is 48.5 Å². The Morgan fingerprint density at radius 1 is 1.26 bits per heavy atom. The van der Waals surface area contributed by atoms with Crippen molar-refractivity contribution in [2.24, 2.45) is 5.92 Å². The number of hydrogen-bond donors (Lipinski definition) is 3. The third-order valence-electron chi connectivity index (χ3n) is 6.33. The summed E-state index contributed by atoms with van der Waals surface area (Å²) in [4.78, 5) is 14.8. The lowest BCUT2D eigenvalue weighted by molar-refractivity contribution is 0.283. The smallest absolute Gasteiger partial charge is 0.229 e. The Hall–Kier alpha value is -3.04. The van der Waals surface area contributed by atoms with Crippen molar-refractivity contribution in [3.05, 3.63) is 48.4 Å². The molecule has 0 amide bonds. The molecule has 162 valence electrons. The highest BCUT2D eigenvalue weighted by atomic mass is 19.1. The molecule has 0 bridgehead atoms. The molecule has 3 aromatic rings. The fourth-order valence-corrected chi connectivity index (χ4v) is 4.76. The van der Waals surface area contributed by atoms with Gasteiger partial charge in [0, 0.05) is 42.8 Å². The van der Waals surface area contributed by atoms with Crippen molar-refractivity contribution in [1.29, 1.82) is 0 Å². The Labute approximate surface area is 180 Å². The van der Waals surface area contributed by atoms with Crippen molar-refractivity contribution in [3.8, 4) is 11.3 Å². The second-order valence-electron chi connectivity index (χ2n) is 8.24. The minimum Gasteiger partial charge on any atom is -0.443 e. The van der Waals surface area contributed by atoms with Crippen LogP contribution >= 0.6 is 0 Å². The minimum atomic E-state index is -0.417. The van der Waals surface area contributed by atoms with Gasteiger partial charge in [-0.3, -0.25) is 10.9 Å². The van der Waals surface area contributed by atoms with Gasteiger partial charge < -0.3 is 14.6 Å². The maximum absolute atomic E-state index is 14.7. The average Bonchev–Trinajstić information content (AvgIpc) is 3.43. The van der Waals surface area contributed by atoms with Crippen molar-refractivity contribution in [1.82, 2.24) is 25.8 Å². The molecule has 3 unspecified atom stereocenters. The molecule has 3 N–H and O–H groups in total. The van der Waals surface area contributed by atoms with Crippen LogP contribution in [0.4, 0.5) is 21.8 Å². The van der Waals surface area contributed by atoms with Gasteiger partial charge in [-0.25, -0.2) is 14.4 Å². The molecule has 0 radical (unpaired) electrons. The second-order valence-corrected chi connectivity index (χ2v) is 8.24. The molecule has 3 atom stereocenters. The van der Waals surface area contributed by atoms with E-state index >= 15 is 0 Å². The van der Waals surface area contributed by atoms with Gasteiger partial charge in [-0.1, -0.05) is 12.1 Å². The summed E-state index contributed by atoms with van der Waals surface area (Å²) in [6, 6.07) is 8.35. The van der Waals surface area contributed by atoms with E-state index < -0.39 is 5.82 Å². The lowest BCUT2D eigenvalue weighted by atomic mass is 9.81. The number of rotatable bonds is 5. The molecule has 2 aliphatic rings. The van der Waals surface area contributed by atoms with Gasteiger partial charge in [0.15, 0.2) is 23.8 Å². The second kappa shape index (κ2) is 8.24. The van der Waals surface area contributed by atoms with Crippen LogP contribution in [0.3, 0.4) is 0 Å². The standard InChI is InChI=1S/C22H26FN7O/c1-13-20(31-12-25-13)14-5-3-6-15(9-14)27-22-24-11-17(23)21(28-22)30(2)19-8-4-7-18-16(19)10-26-29-18/h3,5-6,9,11-12,16,18-19,26,29H,4,7-8,10H2,1-2H3,(H,24,27,28). The molecule has 1 aromatic carbocycles. The number of aryl methyl sites for hydroxylation is 1. The summed E-state index contributed by atoms with van der Waals surface area (Å²) >= 11 is 0. The highest BCUT2D eigenvalue weighted by Gasteiger charge is 2.39. The lowest BCUT2D eigenvalue weighted by Gasteiger charge is -2.39. The molecular weight excluding hydrogens is 397 g/mol. The van der Waals surface area contributed by atoms with Gasteiger partial charge in [0.25, 0.3) is 0 Å². The highest BCUT2D eigenvalue weighted by molar-refractivity contribution is 5.67. The van der Waals surface area contributed by atoms with Crippen LogP contribution in [0.25, 0.3) is 11.3 Å². The molecular formula is C22H26FN7O. The minimum absolute atomic E-state index is 0.219. The summed E-state index contributed by atoms with van der Waals surface area (Å²) in [5.41, 5.74) is 9.10. The molecule has 1 aliphatic carbocycles. The molecule has 1 saturated carbocycles. The van der Waals surface area contributed by atoms with Crippen LogP contribution in [0.5, 0.6) is 0 Å². The molecule has 3 heterocycles. The monoisotopic (exact) mass is 423 g/mol. The number of anilines is 3. The van der Waals surface area contributed by atoms with E-state index in [1.807, 2.05) is 43.1 Å². The Kier molecular flexibility index (Phi) is 5.29. The first-order valence-corrected chi connectivity index (χ1v) is 10.6. The van der Waals surface area contributed by atoms with Crippen LogP contribution in [0.15, 0.2) is 41.3 Å². The van der Waals surface area contributed by atoms with E-state index in [9.17, 15) is 4.39 Å². The fraction of sp³-hybridized carbons (Fsp3) is 0.409. The van der Waals surface area contributed by atoms with Crippen LogP contribution in [-0.4, -0.2) is 40.6 Å². The third kappa shape index (κ3) is 3.86. The van der Waals surface area contributed by atoms with Crippen LogP contribution in [-0.2, 0) is 0 Å². The van der Waals surface area contributed by atoms with Crippen LogP contribution in [0, 0.1) is 18.7 Å². The van der Waals surface area contributed by atoms with Crippen LogP contribution < -0.4 is 21.1 Å². The van der Waals surface area contributed by atoms with Gasteiger partial charge in [0.2, 0.25) is 5.95 Å². The molecule has 8 nitrogen and oxygen atoms in total. The normalized spacial score (nSPS) is 22.9. The van der Waals surface area contributed by atoms with E-state index in [2.05, 4.69) is 31.1 Å². The number of aromatic nitrogens is 3. The zero-order chi connectivity index (χ0) is 21.4. The molecule has 9 heteroatoms. The zero-order valence-corrected chi connectivity index (χ0v) is 17.6. The zero-order valence-electron chi connectivity index (χ0n) is 17.6. The van der Waals surface area contributed by atoms with Gasteiger partial charge in [0.1, 0.15) is 0 Å². The summed E-state index contributed by atoms with van der Waals surface area (Å²) in [5.74, 6) is 1.39. The fourth-order valence-electron chi connectivity index (χ4n) is 4.76. The first-order valence-electron chi connectivity index (χ1n) is 10.6. The highest BCUT2D eigenvalue weighted by Crippen LogP contribution is 2.33. The number of nitrogens with zero attached hydrogens (tertiary/aromatic N) is 4. The number of benzene rings is 1. The predicted octanol–water partition coefficient (Wildman–Crippen LogP) is 3.40. The Morgan fingerprint density at radius 3 is 3.00 bits per heavy atom. The van der Waals surface area contributed by atoms with Gasteiger partial charge in [0.05, 0.1) is 11.9 Å².